The van der Waals surface area contributed by atoms with Crippen molar-refractivity contribution in [1.29, 1.82) is 0 Å². The summed E-state index contributed by atoms with van der Waals surface area (Å²) in [6, 6.07) is 3.87. The third-order valence-corrected chi connectivity index (χ3v) is 5.54. The molecule has 0 bridgehead atoms. The van der Waals surface area contributed by atoms with Crippen LogP contribution in [0.25, 0.3) is 11.3 Å². The lowest BCUT2D eigenvalue weighted by atomic mass is 10.0. The number of anilines is 1. The first-order chi connectivity index (χ1) is 9.64. The average Bonchev–Trinajstić information content (AvgIpc) is 2.93. The number of nitrogens with two attached hydrogens (primary N) is 1. The van der Waals surface area contributed by atoms with Crippen LogP contribution in [0.2, 0.25) is 0 Å². The van der Waals surface area contributed by atoms with Crippen LogP contribution in [0.15, 0.2) is 30.9 Å². The summed E-state index contributed by atoms with van der Waals surface area (Å²) in [7, 11) is 0. The van der Waals surface area contributed by atoms with Crippen LogP contribution in [0.5, 0.6) is 0 Å². The Morgan fingerprint density at radius 1 is 1.35 bits per heavy atom. The predicted molar refractivity (Wildman–Crippen MR) is 86.7 cm³/mol. The first kappa shape index (κ1) is 14.9. The Balaban J connectivity index is 2.34. The van der Waals surface area contributed by atoms with E-state index in [1.165, 1.54) is 0 Å². The maximum Gasteiger partial charge on any atom is 0.123 e. The highest BCUT2D eigenvalue weighted by atomic mass is 32.2. The summed E-state index contributed by atoms with van der Waals surface area (Å²) in [5.41, 5.74) is 7.94. The Hall–Kier alpha value is -1.49. The molecule has 0 amide bonds. The molecule has 0 aromatic carbocycles. The minimum Gasteiger partial charge on any atom is -0.384 e. The van der Waals surface area contributed by atoms with E-state index < -0.39 is 0 Å². The molecule has 2 N–H and O–H groups in total. The van der Waals surface area contributed by atoms with E-state index >= 15 is 0 Å². The van der Waals surface area contributed by atoms with E-state index in [2.05, 4.69) is 34.6 Å². The third-order valence-electron chi connectivity index (χ3n) is 3.97. The maximum absolute atomic E-state index is 5.78. The molecule has 0 unspecified atom stereocenters. The molecule has 0 aliphatic rings. The Bertz CT molecular complexity index is 552. The molecule has 0 atom stereocenters. The largest absolute Gasteiger partial charge is 0.384 e. The molecule has 0 spiro atoms. The third kappa shape index (κ3) is 2.98. The summed E-state index contributed by atoms with van der Waals surface area (Å²) in [6.45, 7) is 5.46. The standard InChI is InChI=1S/C15H22N4S/c1-4-15(5-2,20-3)10-19-11-17-9-13(19)12-6-7-18-14(16)8-12/h6-9,11H,4-5,10H2,1-3H3,(H2,16,18). The van der Waals surface area contributed by atoms with Gasteiger partial charge in [0.2, 0.25) is 0 Å². The Kier molecular flexibility index (Phi) is 4.70. The fraction of sp³-hybridized carbons (Fsp3) is 0.467. The van der Waals surface area contributed by atoms with Gasteiger partial charge >= 0.3 is 0 Å². The topological polar surface area (TPSA) is 56.7 Å². The van der Waals surface area contributed by atoms with E-state index in [1.807, 2.05) is 36.4 Å². The molecule has 4 nitrogen and oxygen atoms in total. The van der Waals surface area contributed by atoms with Crippen molar-refractivity contribution in [2.45, 2.75) is 38.0 Å². The molecule has 5 heteroatoms. The van der Waals surface area contributed by atoms with E-state index in [-0.39, 0.29) is 4.75 Å². The van der Waals surface area contributed by atoms with Gasteiger partial charge in [-0.2, -0.15) is 11.8 Å². The van der Waals surface area contributed by atoms with Gasteiger partial charge in [0, 0.05) is 23.1 Å². The normalized spacial score (nSPS) is 11.8. The van der Waals surface area contributed by atoms with E-state index in [9.17, 15) is 0 Å². The van der Waals surface area contributed by atoms with Gasteiger partial charge in [-0.1, -0.05) is 13.8 Å². The molecule has 2 aromatic rings. The number of aromatic nitrogens is 3. The Morgan fingerprint density at radius 2 is 2.10 bits per heavy atom. The summed E-state index contributed by atoms with van der Waals surface area (Å²) in [5.74, 6) is 0.539. The first-order valence-electron chi connectivity index (χ1n) is 6.91. The number of nitrogen functional groups attached to an aromatic ring is 1. The van der Waals surface area contributed by atoms with Crippen LogP contribution in [-0.4, -0.2) is 25.5 Å². The SMILES string of the molecule is CCC(CC)(Cn1cncc1-c1ccnc(N)c1)SC. The maximum atomic E-state index is 5.78. The van der Waals surface area contributed by atoms with E-state index in [1.54, 1.807) is 6.20 Å². The average molecular weight is 290 g/mol. The fourth-order valence-electron chi connectivity index (χ4n) is 2.43. The Morgan fingerprint density at radius 3 is 2.70 bits per heavy atom. The van der Waals surface area contributed by atoms with Crippen LogP contribution in [0.3, 0.4) is 0 Å². The van der Waals surface area contributed by atoms with E-state index in [0.29, 0.717) is 5.82 Å². The monoisotopic (exact) mass is 290 g/mol. The van der Waals surface area contributed by atoms with Gasteiger partial charge in [0.15, 0.2) is 0 Å². The second kappa shape index (κ2) is 6.31. The molecular formula is C15H22N4S. The highest BCUT2D eigenvalue weighted by molar-refractivity contribution is 8.00. The molecule has 20 heavy (non-hydrogen) atoms. The van der Waals surface area contributed by atoms with Gasteiger partial charge in [0.05, 0.1) is 18.2 Å². The minimum absolute atomic E-state index is 0.258. The Labute approximate surface area is 124 Å². The van der Waals surface area contributed by atoms with Crippen molar-refractivity contribution in [3.8, 4) is 11.3 Å². The molecule has 2 heterocycles. The summed E-state index contributed by atoms with van der Waals surface area (Å²) >= 11 is 1.94. The predicted octanol–water partition coefficient (Wildman–Crippen LogP) is 3.45. The lowest BCUT2D eigenvalue weighted by Crippen LogP contribution is -2.29. The molecule has 2 rings (SSSR count). The summed E-state index contributed by atoms with van der Waals surface area (Å²) in [4.78, 5) is 8.35. The summed E-state index contributed by atoms with van der Waals surface area (Å²) in [5, 5.41) is 0. The molecule has 0 aliphatic carbocycles. The number of imidazole rings is 1. The smallest absolute Gasteiger partial charge is 0.123 e. The number of hydrogen-bond acceptors (Lipinski definition) is 4. The summed E-state index contributed by atoms with van der Waals surface area (Å²) in [6.07, 6.45) is 10.0. The van der Waals surface area contributed by atoms with Crippen molar-refractivity contribution in [3.05, 3.63) is 30.9 Å². The van der Waals surface area contributed by atoms with Crippen molar-refractivity contribution >= 4 is 17.6 Å². The zero-order valence-electron chi connectivity index (χ0n) is 12.3. The number of nitrogens with zero attached hydrogens (tertiary/aromatic N) is 3. The van der Waals surface area contributed by atoms with Crippen molar-refractivity contribution in [2.75, 3.05) is 12.0 Å². The first-order valence-corrected chi connectivity index (χ1v) is 8.13. The number of thioether (sulfide) groups is 1. The zero-order valence-corrected chi connectivity index (χ0v) is 13.2. The highest BCUT2D eigenvalue weighted by Crippen LogP contribution is 2.34. The van der Waals surface area contributed by atoms with Gasteiger partial charge < -0.3 is 10.3 Å². The van der Waals surface area contributed by atoms with Crippen molar-refractivity contribution in [1.82, 2.24) is 14.5 Å². The van der Waals surface area contributed by atoms with Gasteiger partial charge in [0.25, 0.3) is 0 Å². The van der Waals surface area contributed by atoms with Crippen LogP contribution in [0.1, 0.15) is 26.7 Å². The second-order valence-electron chi connectivity index (χ2n) is 4.97. The molecule has 0 aliphatic heterocycles. The molecule has 0 fully saturated rings. The number of hydrogen-bond donors (Lipinski definition) is 1. The highest BCUT2D eigenvalue weighted by Gasteiger charge is 2.26. The number of rotatable bonds is 6. The molecule has 0 saturated carbocycles. The van der Waals surface area contributed by atoms with Gasteiger partial charge in [-0.15, -0.1) is 0 Å². The quantitative estimate of drug-likeness (QED) is 0.885. The van der Waals surface area contributed by atoms with Crippen LogP contribution in [0.4, 0.5) is 5.82 Å². The summed E-state index contributed by atoms with van der Waals surface area (Å²) < 4.78 is 2.48. The van der Waals surface area contributed by atoms with E-state index in [4.69, 9.17) is 5.73 Å². The van der Waals surface area contributed by atoms with Crippen LogP contribution < -0.4 is 5.73 Å². The van der Waals surface area contributed by atoms with Crippen molar-refractivity contribution in [2.24, 2.45) is 0 Å². The van der Waals surface area contributed by atoms with Crippen molar-refractivity contribution in [3.63, 3.8) is 0 Å². The fourth-order valence-corrected chi connectivity index (χ4v) is 3.28. The molecule has 2 aromatic heterocycles. The van der Waals surface area contributed by atoms with Gasteiger partial charge in [0.1, 0.15) is 5.82 Å². The van der Waals surface area contributed by atoms with Crippen LogP contribution >= 0.6 is 11.8 Å². The second-order valence-corrected chi connectivity index (χ2v) is 6.24. The molecular weight excluding hydrogens is 268 g/mol. The lowest BCUT2D eigenvalue weighted by molar-refractivity contribution is 0.468. The van der Waals surface area contributed by atoms with Crippen LogP contribution in [0, 0.1) is 0 Å². The number of pyridine rings is 1. The van der Waals surface area contributed by atoms with Gasteiger partial charge in [-0.05, 0) is 31.2 Å². The van der Waals surface area contributed by atoms with Gasteiger partial charge in [-0.25, -0.2) is 9.97 Å². The molecule has 108 valence electrons. The van der Waals surface area contributed by atoms with Crippen LogP contribution in [-0.2, 0) is 6.54 Å². The van der Waals surface area contributed by atoms with E-state index in [0.717, 1.165) is 30.6 Å². The van der Waals surface area contributed by atoms with Crippen molar-refractivity contribution < 1.29 is 0 Å². The molecule has 0 radical (unpaired) electrons. The zero-order chi connectivity index (χ0) is 14.6. The molecule has 0 saturated heterocycles. The lowest BCUT2D eigenvalue weighted by Gasteiger charge is -2.30. The minimum atomic E-state index is 0.258. The van der Waals surface area contributed by atoms with Gasteiger partial charge in [-0.3, -0.25) is 0 Å².